The van der Waals surface area contributed by atoms with Crippen LogP contribution in [0.3, 0.4) is 0 Å². The second-order valence-electron chi connectivity index (χ2n) is 7.68. The first-order valence-electron chi connectivity index (χ1n) is 9.35. The van der Waals surface area contributed by atoms with Gasteiger partial charge in [0.1, 0.15) is 5.82 Å². The third-order valence-electron chi connectivity index (χ3n) is 5.87. The number of anilines is 1. The molecular weight excluding hydrogens is 287 g/mol. The second kappa shape index (κ2) is 7.65. The van der Waals surface area contributed by atoms with Crippen LogP contribution in [-0.2, 0) is 0 Å². The molecule has 2 aliphatic rings. The molecule has 1 aliphatic carbocycles. The minimum absolute atomic E-state index is 0.103. The number of aryl methyl sites for hydroxylation is 1. The number of hydrogen-bond donors (Lipinski definition) is 0. The van der Waals surface area contributed by atoms with E-state index in [0.717, 1.165) is 43.6 Å². The van der Waals surface area contributed by atoms with Gasteiger partial charge in [0, 0.05) is 31.9 Å². The molecule has 1 aliphatic heterocycles. The van der Waals surface area contributed by atoms with Crippen molar-refractivity contribution in [3.63, 3.8) is 0 Å². The number of rotatable bonds is 4. The summed E-state index contributed by atoms with van der Waals surface area (Å²) < 4.78 is 13.4. The van der Waals surface area contributed by atoms with Gasteiger partial charge in [-0.3, -0.25) is 4.90 Å². The maximum absolute atomic E-state index is 13.4. The zero-order chi connectivity index (χ0) is 16.2. The Hall–Kier alpha value is -1.09. The lowest BCUT2D eigenvalue weighted by atomic mass is 9.81. The summed E-state index contributed by atoms with van der Waals surface area (Å²) in [6, 6.07) is 5.50. The fraction of sp³-hybridized carbons (Fsp3) is 0.700. The summed E-state index contributed by atoms with van der Waals surface area (Å²) in [6.07, 6.45) is 7.12. The molecule has 0 bridgehead atoms. The lowest BCUT2D eigenvalue weighted by Crippen LogP contribution is -2.47. The van der Waals surface area contributed by atoms with E-state index in [0.29, 0.717) is 0 Å². The van der Waals surface area contributed by atoms with Crippen molar-refractivity contribution in [2.24, 2.45) is 11.8 Å². The molecule has 23 heavy (non-hydrogen) atoms. The third-order valence-corrected chi connectivity index (χ3v) is 5.87. The lowest BCUT2D eigenvalue weighted by molar-refractivity contribution is 0.208. The Balaban J connectivity index is 1.42. The van der Waals surface area contributed by atoms with Gasteiger partial charge < -0.3 is 4.90 Å². The molecule has 0 N–H and O–H groups in total. The highest BCUT2D eigenvalue weighted by Crippen LogP contribution is 2.30. The summed E-state index contributed by atoms with van der Waals surface area (Å²) in [5.74, 6) is 1.81. The standard InChI is InChI=1S/C20H31FN2/c1-16-3-5-18(6-4-16)9-10-22-11-13-23(14-12-22)19-7-8-20(21)17(2)15-19/h7-8,15-16,18H,3-6,9-14H2,1-2H3. The molecule has 0 radical (unpaired) electrons. The normalized spacial score (nSPS) is 26.5. The van der Waals surface area contributed by atoms with Crippen molar-refractivity contribution >= 4 is 5.69 Å². The quantitative estimate of drug-likeness (QED) is 0.808. The molecular formula is C20H31FN2. The van der Waals surface area contributed by atoms with Crippen molar-refractivity contribution < 1.29 is 4.39 Å². The van der Waals surface area contributed by atoms with Crippen molar-refractivity contribution in [1.82, 2.24) is 4.90 Å². The van der Waals surface area contributed by atoms with Gasteiger partial charge in [-0.2, -0.15) is 0 Å². The highest BCUT2D eigenvalue weighted by molar-refractivity contribution is 5.49. The summed E-state index contributed by atoms with van der Waals surface area (Å²) in [5, 5.41) is 0. The molecule has 1 aromatic carbocycles. The molecule has 0 aromatic heterocycles. The van der Waals surface area contributed by atoms with Crippen LogP contribution in [0, 0.1) is 24.6 Å². The monoisotopic (exact) mass is 318 g/mol. The van der Waals surface area contributed by atoms with E-state index < -0.39 is 0 Å². The second-order valence-corrected chi connectivity index (χ2v) is 7.68. The van der Waals surface area contributed by atoms with Gasteiger partial charge in [0.2, 0.25) is 0 Å². The van der Waals surface area contributed by atoms with Crippen LogP contribution in [0.2, 0.25) is 0 Å². The lowest BCUT2D eigenvalue weighted by Gasteiger charge is -2.37. The van der Waals surface area contributed by atoms with Crippen molar-refractivity contribution in [3.8, 4) is 0 Å². The van der Waals surface area contributed by atoms with Crippen LogP contribution in [0.1, 0.15) is 44.6 Å². The molecule has 2 nitrogen and oxygen atoms in total. The highest BCUT2D eigenvalue weighted by Gasteiger charge is 2.21. The Morgan fingerprint density at radius 1 is 1.04 bits per heavy atom. The highest BCUT2D eigenvalue weighted by atomic mass is 19.1. The van der Waals surface area contributed by atoms with Gasteiger partial charge in [-0.05, 0) is 55.5 Å². The van der Waals surface area contributed by atoms with Gasteiger partial charge in [0.15, 0.2) is 0 Å². The van der Waals surface area contributed by atoms with Crippen LogP contribution in [0.15, 0.2) is 18.2 Å². The number of piperazine rings is 1. The Kier molecular flexibility index (Phi) is 5.58. The molecule has 3 heteroatoms. The van der Waals surface area contributed by atoms with Crippen LogP contribution < -0.4 is 4.90 Å². The molecule has 0 spiro atoms. The maximum atomic E-state index is 13.4. The number of benzene rings is 1. The van der Waals surface area contributed by atoms with Gasteiger partial charge in [-0.25, -0.2) is 4.39 Å². The van der Waals surface area contributed by atoms with Gasteiger partial charge in [0.25, 0.3) is 0 Å². The van der Waals surface area contributed by atoms with E-state index in [1.54, 1.807) is 6.07 Å². The number of nitrogens with zero attached hydrogens (tertiary/aromatic N) is 2. The molecule has 2 fully saturated rings. The fourth-order valence-electron chi connectivity index (χ4n) is 4.04. The van der Waals surface area contributed by atoms with E-state index in [1.165, 1.54) is 44.3 Å². The van der Waals surface area contributed by atoms with E-state index in [-0.39, 0.29) is 5.82 Å². The van der Waals surface area contributed by atoms with E-state index >= 15 is 0 Å². The minimum atomic E-state index is -0.103. The molecule has 0 unspecified atom stereocenters. The van der Waals surface area contributed by atoms with Crippen molar-refractivity contribution in [1.29, 1.82) is 0 Å². The van der Waals surface area contributed by atoms with Crippen LogP contribution in [0.25, 0.3) is 0 Å². The Bertz CT molecular complexity index is 500. The van der Waals surface area contributed by atoms with Crippen LogP contribution in [0.5, 0.6) is 0 Å². The maximum Gasteiger partial charge on any atom is 0.126 e. The van der Waals surface area contributed by atoms with E-state index in [9.17, 15) is 4.39 Å². The number of halogens is 1. The fourth-order valence-corrected chi connectivity index (χ4v) is 4.04. The zero-order valence-electron chi connectivity index (χ0n) is 14.7. The third kappa shape index (κ3) is 4.47. The minimum Gasteiger partial charge on any atom is -0.369 e. The molecule has 1 aromatic rings. The molecule has 0 atom stereocenters. The van der Waals surface area contributed by atoms with Crippen LogP contribution >= 0.6 is 0 Å². The molecule has 3 rings (SSSR count). The molecule has 128 valence electrons. The first kappa shape index (κ1) is 16.8. The topological polar surface area (TPSA) is 6.48 Å². The summed E-state index contributed by atoms with van der Waals surface area (Å²) in [4.78, 5) is 5.01. The number of hydrogen-bond acceptors (Lipinski definition) is 2. The summed E-state index contributed by atoms with van der Waals surface area (Å²) in [6.45, 7) is 9.90. The van der Waals surface area contributed by atoms with E-state index in [4.69, 9.17) is 0 Å². The van der Waals surface area contributed by atoms with Gasteiger partial charge in [-0.1, -0.05) is 32.6 Å². The summed E-state index contributed by atoms with van der Waals surface area (Å²) in [5.41, 5.74) is 1.92. The Labute approximate surface area is 140 Å². The average Bonchev–Trinajstić information content (AvgIpc) is 2.57. The smallest absolute Gasteiger partial charge is 0.126 e. The van der Waals surface area contributed by atoms with Crippen LogP contribution in [-0.4, -0.2) is 37.6 Å². The zero-order valence-corrected chi connectivity index (χ0v) is 14.7. The van der Waals surface area contributed by atoms with E-state index in [2.05, 4.69) is 16.7 Å². The first-order valence-corrected chi connectivity index (χ1v) is 9.35. The molecule has 1 saturated heterocycles. The molecule has 1 heterocycles. The Morgan fingerprint density at radius 2 is 1.74 bits per heavy atom. The van der Waals surface area contributed by atoms with Crippen molar-refractivity contribution in [2.75, 3.05) is 37.6 Å². The van der Waals surface area contributed by atoms with Gasteiger partial charge >= 0.3 is 0 Å². The average molecular weight is 318 g/mol. The molecule has 0 amide bonds. The summed E-state index contributed by atoms with van der Waals surface area (Å²) in [7, 11) is 0. The predicted octanol–water partition coefficient (Wildman–Crippen LogP) is 4.47. The predicted molar refractivity (Wildman–Crippen MR) is 95.5 cm³/mol. The Morgan fingerprint density at radius 3 is 2.39 bits per heavy atom. The van der Waals surface area contributed by atoms with Crippen molar-refractivity contribution in [3.05, 3.63) is 29.6 Å². The molecule has 1 saturated carbocycles. The van der Waals surface area contributed by atoms with Gasteiger partial charge in [0.05, 0.1) is 0 Å². The van der Waals surface area contributed by atoms with Gasteiger partial charge in [-0.15, -0.1) is 0 Å². The van der Waals surface area contributed by atoms with E-state index in [1.807, 2.05) is 19.1 Å². The van der Waals surface area contributed by atoms with Crippen molar-refractivity contribution in [2.45, 2.75) is 46.0 Å². The summed E-state index contributed by atoms with van der Waals surface area (Å²) >= 11 is 0. The first-order chi connectivity index (χ1) is 11.1. The van der Waals surface area contributed by atoms with Crippen LogP contribution in [0.4, 0.5) is 10.1 Å². The SMILES string of the molecule is Cc1cc(N2CCN(CCC3CCC(C)CC3)CC2)ccc1F. The largest absolute Gasteiger partial charge is 0.369 e.